The molecule has 1 saturated heterocycles. The number of hydrogen-bond donors (Lipinski definition) is 1. The van der Waals surface area contributed by atoms with Crippen LogP contribution in [0, 0.1) is 5.41 Å². The minimum absolute atomic E-state index is 0.0507. The molecule has 0 radical (unpaired) electrons. The van der Waals surface area contributed by atoms with Crippen LogP contribution in [0.2, 0.25) is 0 Å². The van der Waals surface area contributed by atoms with Crippen LogP contribution < -0.4 is 5.32 Å². The lowest BCUT2D eigenvalue weighted by Gasteiger charge is -2.30. The first-order chi connectivity index (χ1) is 8.49. The van der Waals surface area contributed by atoms with Crippen molar-refractivity contribution in [1.82, 2.24) is 10.2 Å². The number of morpholine rings is 1. The number of nitrogens with one attached hydrogen (secondary N) is 1. The first-order valence-electron chi connectivity index (χ1n) is 6.64. The minimum atomic E-state index is -0.0953. The third kappa shape index (κ3) is 3.02. The molecule has 0 aromatic heterocycles. The second-order valence-electron chi connectivity index (χ2n) is 5.87. The fourth-order valence-electron chi connectivity index (χ4n) is 2.73. The topological polar surface area (TPSA) is 58.6 Å². The SMILES string of the molecule is CC1(C)CCCC1NC(=O)CN1CCOCC1=O. The first-order valence-corrected chi connectivity index (χ1v) is 6.64. The van der Waals surface area contributed by atoms with Crippen LogP contribution in [0.25, 0.3) is 0 Å². The van der Waals surface area contributed by atoms with Gasteiger partial charge in [-0.15, -0.1) is 0 Å². The average molecular weight is 254 g/mol. The molecule has 5 nitrogen and oxygen atoms in total. The van der Waals surface area contributed by atoms with E-state index in [0.29, 0.717) is 13.2 Å². The Morgan fingerprint density at radius 1 is 1.56 bits per heavy atom. The summed E-state index contributed by atoms with van der Waals surface area (Å²) < 4.78 is 5.04. The normalized spacial score (nSPS) is 27.3. The Hall–Kier alpha value is -1.10. The van der Waals surface area contributed by atoms with Crippen molar-refractivity contribution in [2.45, 2.75) is 39.2 Å². The maximum atomic E-state index is 12.0. The van der Waals surface area contributed by atoms with Gasteiger partial charge in [0.15, 0.2) is 0 Å². The molecule has 1 atom stereocenters. The van der Waals surface area contributed by atoms with Gasteiger partial charge >= 0.3 is 0 Å². The lowest BCUT2D eigenvalue weighted by molar-refractivity contribution is -0.146. The van der Waals surface area contributed by atoms with Gasteiger partial charge in [0.05, 0.1) is 13.2 Å². The summed E-state index contributed by atoms with van der Waals surface area (Å²) in [5, 5.41) is 3.06. The fraction of sp³-hybridized carbons (Fsp3) is 0.846. The summed E-state index contributed by atoms with van der Waals surface area (Å²) in [5.74, 6) is -0.146. The highest BCUT2D eigenvalue weighted by Gasteiger charge is 2.35. The zero-order valence-corrected chi connectivity index (χ0v) is 11.2. The van der Waals surface area contributed by atoms with Crippen molar-refractivity contribution in [3.05, 3.63) is 0 Å². The minimum Gasteiger partial charge on any atom is -0.370 e. The van der Waals surface area contributed by atoms with Crippen LogP contribution in [0.5, 0.6) is 0 Å². The van der Waals surface area contributed by atoms with Crippen molar-refractivity contribution in [3.63, 3.8) is 0 Å². The summed E-state index contributed by atoms with van der Waals surface area (Å²) in [4.78, 5) is 25.0. The van der Waals surface area contributed by atoms with Gasteiger partial charge in [-0.1, -0.05) is 20.3 Å². The summed E-state index contributed by atoms with van der Waals surface area (Å²) in [6.45, 7) is 5.67. The summed E-state index contributed by atoms with van der Waals surface area (Å²) in [7, 11) is 0. The smallest absolute Gasteiger partial charge is 0.249 e. The quantitative estimate of drug-likeness (QED) is 0.799. The molecule has 0 bridgehead atoms. The number of hydrogen-bond acceptors (Lipinski definition) is 3. The van der Waals surface area contributed by atoms with Crippen molar-refractivity contribution >= 4 is 11.8 Å². The highest BCUT2D eigenvalue weighted by Crippen LogP contribution is 2.37. The molecule has 2 aliphatic rings. The van der Waals surface area contributed by atoms with Gasteiger partial charge in [-0.3, -0.25) is 9.59 Å². The second kappa shape index (κ2) is 5.26. The third-order valence-electron chi connectivity index (χ3n) is 4.01. The Bertz CT molecular complexity index is 341. The summed E-state index contributed by atoms with van der Waals surface area (Å²) >= 11 is 0. The molecule has 0 aromatic rings. The van der Waals surface area contributed by atoms with Crippen molar-refractivity contribution in [3.8, 4) is 0 Å². The number of nitrogens with zero attached hydrogens (tertiary/aromatic N) is 1. The molecule has 2 fully saturated rings. The van der Waals surface area contributed by atoms with Crippen LogP contribution in [0.15, 0.2) is 0 Å². The average Bonchev–Trinajstić information content (AvgIpc) is 2.62. The van der Waals surface area contributed by atoms with Gasteiger partial charge in [-0.05, 0) is 18.3 Å². The third-order valence-corrected chi connectivity index (χ3v) is 4.01. The van der Waals surface area contributed by atoms with Gasteiger partial charge in [0.2, 0.25) is 11.8 Å². The zero-order valence-electron chi connectivity index (χ0n) is 11.2. The summed E-state index contributed by atoms with van der Waals surface area (Å²) in [6.07, 6.45) is 3.35. The molecule has 1 N–H and O–H groups in total. The highest BCUT2D eigenvalue weighted by molar-refractivity contribution is 5.85. The van der Waals surface area contributed by atoms with Gasteiger partial charge in [0.1, 0.15) is 6.61 Å². The van der Waals surface area contributed by atoms with Crippen LogP contribution in [0.1, 0.15) is 33.1 Å². The first kappa shape index (κ1) is 13.3. The lowest BCUT2D eigenvalue weighted by Crippen LogP contribution is -2.50. The molecule has 2 amide bonds. The standard InChI is InChI=1S/C13H22N2O3/c1-13(2)5-3-4-10(13)14-11(16)8-15-6-7-18-9-12(15)17/h10H,3-9H2,1-2H3,(H,14,16). The van der Waals surface area contributed by atoms with Crippen LogP contribution in [-0.2, 0) is 14.3 Å². The van der Waals surface area contributed by atoms with E-state index in [2.05, 4.69) is 19.2 Å². The van der Waals surface area contributed by atoms with E-state index in [1.54, 1.807) is 4.90 Å². The monoisotopic (exact) mass is 254 g/mol. The molecule has 1 heterocycles. The molecule has 1 saturated carbocycles. The van der Waals surface area contributed by atoms with Crippen LogP contribution >= 0.6 is 0 Å². The van der Waals surface area contributed by atoms with E-state index < -0.39 is 0 Å². The maximum Gasteiger partial charge on any atom is 0.249 e. The van der Waals surface area contributed by atoms with Crippen molar-refractivity contribution in [2.24, 2.45) is 5.41 Å². The van der Waals surface area contributed by atoms with Gasteiger partial charge in [0.25, 0.3) is 0 Å². The van der Waals surface area contributed by atoms with E-state index in [1.165, 1.54) is 0 Å². The van der Waals surface area contributed by atoms with E-state index in [-0.39, 0.29) is 36.4 Å². The van der Waals surface area contributed by atoms with Gasteiger partial charge < -0.3 is 15.0 Å². The number of ether oxygens (including phenoxy) is 1. The van der Waals surface area contributed by atoms with E-state index in [4.69, 9.17) is 4.74 Å². The van der Waals surface area contributed by atoms with Crippen LogP contribution in [0.3, 0.4) is 0 Å². The Kier molecular flexibility index (Phi) is 3.90. The number of amides is 2. The predicted octanol–water partition coefficient (Wildman–Crippen LogP) is 0.540. The molecule has 1 aliphatic carbocycles. The van der Waals surface area contributed by atoms with E-state index >= 15 is 0 Å². The molecule has 0 spiro atoms. The highest BCUT2D eigenvalue weighted by atomic mass is 16.5. The molecule has 18 heavy (non-hydrogen) atoms. The Morgan fingerprint density at radius 3 is 2.94 bits per heavy atom. The number of carbonyl (C=O) groups is 2. The van der Waals surface area contributed by atoms with Crippen LogP contribution in [-0.4, -0.2) is 49.1 Å². The zero-order chi connectivity index (χ0) is 13.2. The van der Waals surface area contributed by atoms with E-state index in [9.17, 15) is 9.59 Å². The number of carbonyl (C=O) groups excluding carboxylic acids is 2. The summed E-state index contributed by atoms with van der Waals surface area (Å²) in [5.41, 5.74) is 0.171. The lowest BCUT2D eigenvalue weighted by atomic mass is 9.87. The van der Waals surface area contributed by atoms with Crippen LogP contribution in [0.4, 0.5) is 0 Å². The molecular formula is C13H22N2O3. The Balaban J connectivity index is 1.83. The summed E-state index contributed by atoms with van der Waals surface area (Å²) in [6, 6.07) is 0.237. The Morgan fingerprint density at radius 2 is 2.33 bits per heavy atom. The molecule has 102 valence electrons. The maximum absolute atomic E-state index is 12.0. The van der Waals surface area contributed by atoms with Gasteiger partial charge in [0, 0.05) is 12.6 Å². The largest absolute Gasteiger partial charge is 0.370 e. The van der Waals surface area contributed by atoms with Gasteiger partial charge in [-0.2, -0.15) is 0 Å². The second-order valence-corrected chi connectivity index (χ2v) is 5.87. The van der Waals surface area contributed by atoms with Crippen molar-refractivity contribution in [1.29, 1.82) is 0 Å². The molecule has 2 rings (SSSR count). The van der Waals surface area contributed by atoms with Crippen molar-refractivity contribution in [2.75, 3.05) is 26.3 Å². The molecule has 0 aromatic carbocycles. The molecular weight excluding hydrogens is 232 g/mol. The van der Waals surface area contributed by atoms with Gasteiger partial charge in [-0.25, -0.2) is 0 Å². The number of rotatable bonds is 3. The predicted molar refractivity (Wildman–Crippen MR) is 67.0 cm³/mol. The van der Waals surface area contributed by atoms with Crippen molar-refractivity contribution < 1.29 is 14.3 Å². The van der Waals surface area contributed by atoms with E-state index in [1.807, 2.05) is 0 Å². The fourth-order valence-corrected chi connectivity index (χ4v) is 2.73. The molecule has 1 unspecified atom stereocenters. The van der Waals surface area contributed by atoms with E-state index in [0.717, 1.165) is 19.3 Å². The molecule has 5 heteroatoms. The molecule has 1 aliphatic heterocycles. The Labute approximate surface area is 108 Å².